The number of hydrogen-bond donors (Lipinski definition) is 1. The van der Waals surface area contributed by atoms with E-state index in [0.29, 0.717) is 5.92 Å². The summed E-state index contributed by atoms with van der Waals surface area (Å²) in [5.74, 6) is 1.28. The molecule has 0 amide bonds. The standard InChI is InChI=1S/C16H28FN3S/c1-5-8-18-16(15-7-6-14(17)11-19-15)13(2)12-20(3)9-10-21-4/h6-7,11,13,16,18H,5,8-10,12H2,1-4H3. The summed E-state index contributed by atoms with van der Waals surface area (Å²) in [5, 5.41) is 3.55. The van der Waals surface area contributed by atoms with Gasteiger partial charge in [0.05, 0.1) is 17.9 Å². The number of pyridine rings is 1. The van der Waals surface area contributed by atoms with E-state index >= 15 is 0 Å². The second kappa shape index (κ2) is 10.1. The zero-order valence-electron chi connectivity index (χ0n) is 13.6. The molecule has 0 saturated heterocycles. The fourth-order valence-corrected chi connectivity index (χ4v) is 2.90. The lowest BCUT2D eigenvalue weighted by Gasteiger charge is -2.28. The van der Waals surface area contributed by atoms with Crippen LogP contribution < -0.4 is 5.32 Å². The lowest BCUT2D eigenvalue weighted by atomic mass is 9.97. The van der Waals surface area contributed by atoms with Gasteiger partial charge < -0.3 is 10.2 Å². The molecule has 1 N–H and O–H groups in total. The summed E-state index contributed by atoms with van der Waals surface area (Å²) < 4.78 is 13.1. The summed E-state index contributed by atoms with van der Waals surface area (Å²) in [6.45, 7) is 7.41. The Kier molecular flexibility index (Phi) is 8.88. The molecule has 5 heteroatoms. The molecule has 3 nitrogen and oxygen atoms in total. The Bertz CT molecular complexity index is 386. The molecule has 0 aliphatic rings. The van der Waals surface area contributed by atoms with Crippen LogP contribution in [0.2, 0.25) is 0 Å². The van der Waals surface area contributed by atoms with Crippen LogP contribution in [0.4, 0.5) is 4.39 Å². The van der Waals surface area contributed by atoms with E-state index in [4.69, 9.17) is 0 Å². The van der Waals surface area contributed by atoms with E-state index in [1.165, 1.54) is 12.3 Å². The fourth-order valence-electron chi connectivity index (χ4n) is 2.40. The van der Waals surface area contributed by atoms with Crippen molar-refractivity contribution in [2.45, 2.75) is 26.3 Å². The maximum absolute atomic E-state index is 13.1. The van der Waals surface area contributed by atoms with Gasteiger partial charge in [-0.15, -0.1) is 0 Å². The van der Waals surface area contributed by atoms with Crippen LogP contribution in [-0.4, -0.2) is 48.6 Å². The minimum atomic E-state index is -0.280. The van der Waals surface area contributed by atoms with Gasteiger partial charge >= 0.3 is 0 Å². The predicted octanol–water partition coefficient (Wildman–Crippen LogP) is 3.19. The lowest BCUT2D eigenvalue weighted by molar-refractivity contribution is 0.254. The molecule has 0 aromatic carbocycles. The molecule has 0 fully saturated rings. The van der Waals surface area contributed by atoms with Crippen LogP contribution in [0.3, 0.4) is 0 Å². The Morgan fingerprint density at radius 3 is 2.76 bits per heavy atom. The number of aromatic nitrogens is 1. The summed E-state index contributed by atoms with van der Waals surface area (Å²) in [5.41, 5.74) is 0.926. The van der Waals surface area contributed by atoms with Crippen LogP contribution in [0.15, 0.2) is 18.3 Å². The van der Waals surface area contributed by atoms with E-state index in [0.717, 1.165) is 37.5 Å². The van der Waals surface area contributed by atoms with Crippen molar-refractivity contribution in [2.24, 2.45) is 5.92 Å². The predicted molar refractivity (Wildman–Crippen MR) is 90.3 cm³/mol. The number of nitrogens with one attached hydrogen (secondary N) is 1. The number of rotatable bonds is 10. The van der Waals surface area contributed by atoms with Gasteiger partial charge in [-0.1, -0.05) is 13.8 Å². The van der Waals surface area contributed by atoms with Crippen LogP contribution in [0, 0.1) is 11.7 Å². The first-order chi connectivity index (χ1) is 10.1. The van der Waals surface area contributed by atoms with Gasteiger partial charge in [-0.3, -0.25) is 4.98 Å². The van der Waals surface area contributed by atoms with Crippen molar-refractivity contribution in [1.82, 2.24) is 15.2 Å². The average Bonchev–Trinajstić information content (AvgIpc) is 2.47. The molecular weight excluding hydrogens is 285 g/mol. The molecule has 1 aromatic rings. The third-order valence-corrected chi connectivity index (χ3v) is 4.12. The van der Waals surface area contributed by atoms with E-state index in [9.17, 15) is 4.39 Å². The number of nitrogens with zero attached hydrogens (tertiary/aromatic N) is 2. The van der Waals surface area contributed by atoms with Crippen molar-refractivity contribution >= 4 is 11.8 Å². The topological polar surface area (TPSA) is 28.2 Å². The SMILES string of the molecule is CCCNC(c1ccc(F)cn1)C(C)CN(C)CCSC. The molecule has 0 radical (unpaired) electrons. The van der Waals surface area contributed by atoms with Crippen molar-refractivity contribution in [3.63, 3.8) is 0 Å². The zero-order valence-corrected chi connectivity index (χ0v) is 14.4. The van der Waals surface area contributed by atoms with Gasteiger partial charge in [0.25, 0.3) is 0 Å². The normalized spacial score (nSPS) is 14.4. The van der Waals surface area contributed by atoms with Gasteiger partial charge in [0.2, 0.25) is 0 Å². The second-order valence-corrected chi connectivity index (χ2v) is 6.55. The van der Waals surface area contributed by atoms with Gasteiger partial charge in [-0.05, 0) is 44.3 Å². The highest BCUT2D eigenvalue weighted by molar-refractivity contribution is 7.98. The van der Waals surface area contributed by atoms with Crippen LogP contribution in [-0.2, 0) is 0 Å². The first kappa shape index (κ1) is 18.4. The van der Waals surface area contributed by atoms with E-state index < -0.39 is 0 Å². The molecule has 0 saturated carbocycles. The number of hydrogen-bond acceptors (Lipinski definition) is 4. The molecule has 21 heavy (non-hydrogen) atoms. The quantitative estimate of drug-likeness (QED) is 0.718. The molecule has 1 rings (SSSR count). The van der Waals surface area contributed by atoms with Gasteiger partial charge in [-0.25, -0.2) is 4.39 Å². The van der Waals surface area contributed by atoms with Crippen molar-refractivity contribution in [3.05, 3.63) is 29.8 Å². The van der Waals surface area contributed by atoms with E-state index in [-0.39, 0.29) is 11.9 Å². The summed E-state index contributed by atoms with van der Waals surface area (Å²) in [7, 11) is 2.15. The molecule has 1 aromatic heterocycles. The molecule has 120 valence electrons. The van der Waals surface area contributed by atoms with Crippen molar-refractivity contribution in [3.8, 4) is 0 Å². The van der Waals surface area contributed by atoms with Crippen LogP contribution in [0.5, 0.6) is 0 Å². The maximum atomic E-state index is 13.1. The van der Waals surface area contributed by atoms with Gasteiger partial charge in [-0.2, -0.15) is 11.8 Å². The summed E-state index contributed by atoms with van der Waals surface area (Å²) in [4.78, 5) is 6.61. The summed E-state index contributed by atoms with van der Waals surface area (Å²) >= 11 is 1.87. The monoisotopic (exact) mass is 313 g/mol. The molecule has 0 spiro atoms. The molecule has 2 atom stereocenters. The number of halogens is 1. The summed E-state index contributed by atoms with van der Waals surface area (Å²) in [6, 6.07) is 3.45. The third-order valence-electron chi connectivity index (χ3n) is 3.53. The van der Waals surface area contributed by atoms with Crippen molar-refractivity contribution in [1.29, 1.82) is 0 Å². The Balaban J connectivity index is 2.69. The second-order valence-electron chi connectivity index (χ2n) is 5.57. The van der Waals surface area contributed by atoms with Gasteiger partial charge in [0.1, 0.15) is 5.82 Å². The largest absolute Gasteiger partial charge is 0.308 e. The van der Waals surface area contributed by atoms with E-state index in [2.05, 4.69) is 42.4 Å². The minimum absolute atomic E-state index is 0.169. The maximum Gasteiger partial charge on any atom is 0.141 e. The van der Waals surface area contributed by atoms with Gasteiger partial charge in [0.15, 0.2) is 0 Å². The Morgan fingerprint density at radius 1 is 1.43 bits per heavy atom. The van der Waals surface area contributed by atoms with E-state index in [1.807, 2.05) is 11.8 Å². The summed E-state index contributed by atoms with van der Waals surface area (Å²) in [6.07, 6.45) is 4.51. The Hall–Kier alpha value is -0.650. The smallest absolute Gasteiger partial charge is 0.141 e. The van der Waals surface area contributed by atoms with Crippen molar-refractivity contribution < 1.29 is 4.39 Å². The van der Waals surface area contributed by atoms with Crippen LogP contribution in [0.25, 0.3) is 0 Å². The van der Waals surface area contributed by atoms with Crippen molar-refractivity contribution in [2.75, 3.05) is 38.7 Å². The average molecular weight is 313 g/mol. The molecule has 1 heterocycles. The first-order valence-electron chi connectivity index (χ1n) is 7.60. The Morgan fingerprint density at radius 2 is 2.19 bits per heavy atom. The highest BCUT2D eigenvalue weighted by Gasteiger charge is 2.21. The minimum Gasteiger partial charge on any atom is -0.308 e. The lowest BCUT2D eigenvalue weighted by Crippen LogP contribution is -2.35. The molecule has 0 aliphatic carbocycles. The third kappa shape index (κ3) is 6.76. The van der Waals surface area contributed by atoms with Gasteiger partial charge in [0, 0.05) is 18.8 Å². The van der Waals surface area contributed by atoms with Crippen LogP contribution in [0.1, 0.15) is 32.0 Å². The van der Waals surface area contributed by atoms with Crippen LogP contribution >= 0.6 is 11.8 Å². The highest BCUT2D eigenvalue weighted by atomic mass is 32.2. The zero-order chi connectivity index (χ0) is 15.7. The first-order valence-corrected chi connectivity index (χ1v) is 9.00. The molecule has 0 aliphatic heterocycles. The molecule has 0 bridgehead atoms. The fraction of sp³-hybridized carbons (Fsp3) is 0.688. The Labute approximate surface area is 132 Å². The molecular formula is C16H28FN3S. The van der Waals surface area contributed by atoms with E-state index in [1.54, 1.807) is 6.07 Å². The highest BCUT2D eigenvalue weighted by Crippen LogP contribution is 2.21. The number of thioether (sulfide) groups is 1. The molecule has 2 unspecified atom stereocenters.